The van der Waals surface area contributed by atoms with Crippen LogP contribution in [0.3, 0.4) is 0 Å². The molecule has 78 valence electrons. The summed E-state index contributed by atoms with van der Waals surface area (Å²) in [4.78, 5) is 0. The highest BCUT2D eigenvalue weighted by atomic mass is 32.2. The molecule has 0 aliphatic carbocycles. The van der Waals surface area contributed by atoms with Crippen molar-refractivity contribution >= 4 is 11.8 Å². The molecule has 1 nitrogen and oxygen atoms in total. The number of hydrogen-bond donors (Lipinski definition) is 1. The maximum atomic E-state index is 3.73. The summed E-state index contributed by atoms with van der Waals surface area (Å²) >= 11 is 1.92. The molecule has 0 aromatic carbocycles. The summed E-state index contributed by atoms with van der Waals surface area (Å²) in [5.41, 5.74) is 0. The molecule has 2 atom stereocenters. The second-order valence-electron chi connectivity index (χ2n) is 3.74. The third kappa shape index (κ3) is 8.38. The molecule has 0 spiro atoms. The minimum absolute atomic E-state index is 0.627. The van der Waals surface area contributed by atoms with E-state index >= 15 is 0 Å². The summed E-state index contributed by atoms with van der Waals surface area (Å²) < 4.78 is 0. The molecule has 0 aliphatic rings. The van der Waals surface area contributed by atoms with E-state index in [1.165, 1.54) is 12.2 Å². The van der Waals surface area contributed by atoms with Crippen molar-refractivity contribution < 1.29 is 0 Å². The molecule has 0 heterocycles. The first-order valence-corrected chi connectivity index (χ1v) is 6.43. The fourth-order valence-electron chi connectivity index (χ4n) is 1.22. The second kappa shape index (κ2) is 8.64. The van der Waals surface area contributed by atoms with Crippen LogP contribution in [-0.4, -0.2) is 24.6 Å². The van der Waals surface area contributed by atoms with Gasteiger partial charge in [-0.1, -0.05) is 13.0 Å². The van der Waals surface area contributed by atoms with E-state index in [0.29, 0.717) is 6.04 Å². The number of hydrogen-bond acceptors (Lipinski definition) is 2. The lowest BCUT2D eigenvalue weighted by Gasteiger charge is -2.16. The average molecular weight is 201 g/mol. The standard InChI is InChI=1S/C11H23NS/c1-5-6-7-11(3)12-8-10(2)9-13-4/h5,10-12H,1,6-9H2,2-4H3. The van der Waals surface area contributed by atoms with E-state index in [0.717, 1.165) is 18.9 Å². The van der Waals surface area contributed by atoms with Gasteiger partial charge in [0.05, 0.1) is 0 Å². The summed E-state index contributed by atoms with van der Waals surface area (Å²) in [5, 5.41) is 3.54. The van der Waals surface area contributed by atoms with E-state index in [-0.39, 0.29) is 0 Å². The second-order valence-corrected chi connectivity index (χ2v) is 4.65. The van der Waals surface area contributed by atoms with Gasteiger partial charge in [-0.05, 0) is 44.2 Å². The lowest BCUT2D eigenvalue weighted by atomic mass is 10.1. The van der Waals surface area contributed by atoms with Crippen LogP contribution in [0.25, 0.3) is 0 Å². The molecule has 0 amide bonds. The topological polar surface area (TPSA) is 12.0 Å². The zero-order valence-electron chi connectivity index (χ0n) is 9.18. The third-order valence-corrected chi connectivity index (χ3v) is 2.97. The van der Waals surface area contributed by atoms with Crippen LogP contribution in [0, 0.1) is 5.92 Å². The van der Waals surface area contributed by atoms with Crippen molar-refractivity contribution in [3.63, 3.8) is 0 Å². The molecule has 0 radical (unpaired) electrons. The maximum absolute atomic E-state index is 3.73. The first-order chi connectivity index (χ1) is 6.20. The Morgan fingerprint density at radius 3 is 2.69 bits per heavy atom. The lowest BCUT2D eigenvalue weighted by Crippen LogP contribution is -2.30. The Kier molecular flexibility index (Phi) is 8.67. The van der Waals surface area contributed by atoms with E-state index in [1.807, 2.05) is 17.8 Å². The Balaban J connectivity index is 3.33. The van der Waals surface area contributed by atoms with Gasteiger partial charge in [0.25, 0.3) is 0 Å². The molecule has 2 heteroatoms. The van der Waals surface area contributed by atoms with E-state index in [2.05, 4.69) is 32.0 Å². The molecule has 0 aliphatic heterocycles. The van der Waals surface area contributed by atoms with E-state index in [1.54, 1.807) is 0 Å². The van der Waals surface area contributed by atoms with Crippen LogP contribution < -0.4 is 5.32 Å². The lowest BCUT2D eigenvalue weighted by molar-refractivity contribution is 0.470. The predicted octanol–water partition coefficient (Wildman–Crippen LogP) is 2.93. The van der Waals surface area contributed by atoms with Crippen molar-refractivity contribution in [3.05, 3.63) is 12.7 Å². The normalized spacial score (nSPS) is 15.3. The highest BCUT2D eigenvalue weighted by Gasteiger charge is 2.03. The van der Waals surface area contributed by atoms with Gasteiger partial charge in [-0.3, -0.25) is 0 Å². The molecule has 0 rings (SSSR count). The molecule has 13 heavy (non-hydrogen) atoms. The predicted molar refractivity (Wildman–Crippen MR) is 64.4 cm³/mol. The van der Waals surface area contributed by atoms with Crippen LogP contribution in [0.15, 0.2) is 12.7 Å². The molecule has 1 N–H and O–H groups in total. The van der Waals surface area contributed by atoms with Gasteiger partial charge in [0.15, 0.2) is 0 Å². The molecule has 0 saturated heterocycles. The third-order valence-electron chi connectivity index (χ3n) is 2.07. The fourth-order valence-corrected chi connectivity index (χ4v) is 1.90. The van der Waals surface area contributed by atoms with Gasteiger partial charge in [0.2, 0.25) is 0 Å². The number of nitrogens with one attached hydrogen (secondary N) is 1. The van der Waals surface area contributed by atoms with Gasteiger partial charge in [-0.2, -0.15) is 11.8 Å². The van der Waals surface area contributed by atoms with Gasteiger partial charge in [-0.25, -0.2) is 0 Å². The Morgan fingerprint density at radius 1 is 1.46 bits per heavy atom. The summed E-state index contributed by atoms with van der Waals surface area (Å²) in [6.45, 7) is 9.40. The van der Waals surface area contributed by atoms with Crippen LogP contribution in [0.5, 0.6) is 0 Å². The number of allylic oxidation sites excluding steroid dienone is 1. The summed E-state index contributed by atoms with van der Waals surface area (Å²) in [6, 6.07) is 0.627. The zero-order chi connectivity index (χ0) is 10.1. The van der Waals surface area contributed by atoms with Crippen LogP contribution in [0.1, 0.15) is 26.7 Å². The van der Waals surface area contributed by atoms with Crippen molar-refractivity contribution in [1.82, 2.24) is 5.32 Å². The van der Waals surface area contributed by atoms with Gasteiger partial charge in [0, 0.05) is 6.04 Å². The van der Waals surface area contributed by atoms with Crippen LogP contribution in [0.2, 0.25) is 0 Å². The Labute approximate surface area is 87.4 Å². The highest BCUT2D eigenvalue weighted by Crippen LogP contribution is 2.04. The first-order valence-electron chi connectivity index (χ1n) is 5.04. The minimum Gasteiger partial charge on any atom is -0.314 e. The summed E-state index contributed by atoms with van der Waals surface area (Å²) in [5.74, 6) is 2.03. The van der Waals surface area contributed by atoms with Crippen molar-refractivity contribution in [2.45, 2.75) is 32.7 Å². The van der Waals surface area contributed by atoms with E-state index < -0.39 is 0 Å². The zero-order valence-corrected chi connectivity index (χ0v) is 9.99. The highest BCUT2D eigenvalue weighted by molar-refractivity contribution is 7.98. The van der Waals surface area contributed by atoms with Crippen LogP contribution in [0.4, 0.5) is 0 Å². The van der Waals surface area contributed by atoms with Gasteiger partial charge < -0.3 is 5.32 Å². The van der Waals surface area contributed by atoms with Crippen LogP contribution >= 0.6 is 11.8 Å². The smallest absolute Gasteiger partial charge is 0.00417 e. The summed E-state index contributed by atoms with van der Waals surface area (Å²) in [7, 11) is 0. The molecular formula is C11H23NS. The van der Waals surface area contributed by atoms with Crippen molar-refractivity contribution in [3.8, 4) is 0 Å². The van der Waals surface area contributed by atoms with Crippen molar-refractivity contribution in [2.24, 2.45) is 5.92 Å². The largest absolute Gasteiger partial charge is 0.314 e. The Bertz CT molecular complexity index is 125. The number of thioether (sulfide) groups is 1. The molecule has 0 aromatic heterocycles. The Hall–Kier alpha value is 0.0500. The first kappa shape index (κ1) is 13.1. The Morgan fingerprint density at radius 2 is 2.15 bits per heavy atom. The average Bonchev–Trinajstić information content (AvgIpc) is 2.12. The maximum Gasteiger partial charge on any atom is 0.00417 e. The summed E-state index contributed by atoms with van der Waals surface area (Å²) in [6.07, 6.45) is 6.47. The quantitative estimate of drug-likeness (QED) is 0.606. The molecule has 0 bridgehead atoms. The van der Waals surface area contributed by atoms with E-state index in [9.17, 15) is 0 Å². The van der Waals surface area contributed by atoms with Crippen molar-refractivity contribution in [2.75, 3.05) is 18.6 Å². The number of rotatable bonds is 8. The molecule has 0 fully saturated rings. The van der Waals surface area contributed by atoms with Gasteiger partial charge >= 0.3 is 0 Å². The van der Waals surface area contributed by atoms with Gasteiger partial charge in [-0.15, -0.1) is 6.58 Å². The molecule has 0 aromatic rings. The SMILES string of the molecule is C=CCCC(C)NCC(C)CSC. The molecule has 2 unspecified atom stereocenters. The monoisotopic (exact) mass is 201 g/mol. The molecular weight excluding hydrogens is 178 g/mol. The fraction of sp³-hybridized carbons (Fsp3) is 0.818. The minimum atomic E-state index is 0.627. The van der Waals surface area contributed by atoms with Crippen molar-refractivity contribution in [1.29, 1.82) is 0 Å². The van der Waals surface area contributed by atoms with Gasteiger partial charge in [0.1, 0.15) is 0 Å². The van der Waals surface area contributed by atoms with Crippen LogP contribution in [-0.2, 0) is 0 Å². The van der Waals surface area contributed by atoms with E-state index in [4.69, 9.17) is 0 Å². The molecule has 0 saturated carbocycles.